The molecular formula is C27H30N4O4S. The van der Waals surface area contributed by atoms with Crippen LogP contribution in [0, 0.1) is 25.2 Å². The molecule has 9 heteroatoms. The molecule has 0 saturated heterocycles. The fourth-order valence-corrected chi connectivity index (χ4v) is 4.88. The summed E-state index contributed by atoms with van der Waals surface area (Å²) in [4.78, 5) is 16.8. The number of nitrogens with one attached hydrogen (secondary N) is 1. The maximum absolute atomic E-state index is 12.7. The zero-order valence-electron chi connectivity index (χ0n) is 21.1. The Morgan fingerprint density at radius 1 is 1.06 bits per heavy atom. The van der Waals surface area contributed by atoms with Gasteiger partial charge < -0.3 is 14.2 Å². The highest BCUT2D eigenvalue weighted by Crippen LogP contribution is 2.32. The third kappa shape index (κ3) is 5.79. The quantitative estimate of drug-likeness (QED) is 0.360. The SMILES string of the molecule is COc1cc(/C=C2/C(=N)N3N=C(CC(C)C)SC3=NC2=O)ccc1OCCOc1ccc(C)cc1C. The maximum Gasteiger partial charge on any atom is 0.283 e. The van der Waals surface area contributed by atoms with Gasteiger partial charge in [0, 0.05) is 6.42 Å². The number of aryl methyl sites for hydroxylation is 2. The Balaban J connectivity index is 1.43. The fraction of sp³-hybridized carbons (Fsp3) is 0.333. The van der Waals surface area contributed by atoms with Crippen LogP contribution in [-0.2, 0) is 4.79 Å². The maximum atomic E-state index is 12.7. The van der Waals surface area contributed by atoms with Crippen LogP contribution in [0.3, 0.4) is 0 Å². The predicted molar refractivity (Wildman–Crippen MR) is 144 cm³/mol. The number of carbonyl (C=O) groups is 1. The summed E-state index contributed by atoms with van der Waals surface area (Å²) in [6.45, 7) is 8.99. The van der Waals surface area contributed by atoms with Crippen LogP contribution < -0.4 is 14.2 Å². The molecule has 0 atom stereocenters. The number of hydrogen-bond acceptors (Lipinski definition) is 7. The Morgan fingerprint density at radius 3 is 2.47 bits per heavy atom. The van der Waals surface area contributed by atoms with E-state index >= 15 is 0 Å². The van der Waals surface area contributed by atoms with Gasteiger partial charge in [-0.05, 0) is 66.9 Å². The standard InChI is InChI=1S/C27H30N4O4S/c1-16(2)12-24-30-31-25(28)20(26(32)29-27(31)36-24)14-19-7-9-22(23(15-19)33-5)35-11-10-34-21-8-6-17(3)13-18(21)4/h6-9,13-16,28H,10-12H2,1-5H3/b20-14-,28-25?. The van der Waals surface area contributed by atoms with Gasteiger partial charge in [-0.15, -0.1) is 0 Å². The van der Waals surface area contributed by atoms with Gasteiger partial charge in [0.05, 0.1) is 12.7 Å². The minimum atomic E-state index is -0.456. The number of methoxy groups -OCH3 is 1. The van der Waals surface area contributed by atoms with Crippen molar-refractivity contribution in [3.63, 3.8) is 0 Å². The molecule has 2 aromatic carbocycles. The third-order valence-corrected chi connectivity index (χ3v) is 6.44. The lowest BCUT2D eigenvalue weighted by Gasteiger charge is -2.20. The van der Waals surface area contributed by atoms with Crippen molar-refractivity contribution in [2.24, 2.45) is 16.0 Å². The number of carbonyl (C=O) groups excluding carboxylic acids is 1. The Labute approximate surface area is 215 Å². The minimum Gasteiger partial charge on any atom is -0.493 e. The number of hydrazone groups is 1. The van der Waals surface area contributed by atoms with E-state index in [4.69, 9.17) is 19.6 Å². The first kappa shape index (κ1) is 25.5. The number of benzene rings is 2. The summed E-state index contributed by atoms with van der Waals surface area (Å²) in [6, 6.07) is 11.4. The lowest BCUT2D eigenvalue weighted by Crippen LogP contribution is -2.35. The molecule has 2 heterocycles. The summed E-state index contributed by atoms with van der Waals surface area (Å²) in [5.74, 6) is 1.89. The van der Waals surface area contributed by atoms with Gasteiger partial charge in [-0.1, -0.05) is 37.6 Å². The van der Waals surface area contributed by atoms with Gasteiger partial charge >= 0.3 is 0 Å². The van der Waals surface area contributed by atoms with Gasteiger partial charge in [0.15, 0.2) is 17.3 Å². The molecule has 0 bridgehead atoms. The first-order chi connectivity index (χ1) is 17.2. The zero-order valence-corrected chi connectivity index (χ0v) is 21.9. The Bertz CT molecular complexity index is 1280. The highest BCUT2D eigenvalue weighted by molar-refractivity contribution is 8.26. The van der Waals surface area contributed by atoms with Crippen LogP contribution in [0.1, 0.15) is 37.0 Å². The molecule has 2 aliphatic rings. The Kier molecular flexibility index (Phi) is 7.79. The molecule has 2 aliphatic heterocycles. The van der Waals surface area contributed by atoms with Crippen molar-refractivity contribution in [2.75, 3.05) is 20.3 Å². The number of amidine groups is 2. The molecule has 2 aromatic rings. The molecule has 36 heavy (non-hydrogen) atoms. The van der Waals surface area contributed by atoms with Gasteiger partial charge in [0.1, 0.15) is 24.0 Å². The number of nitrogens with zero attached hydrogens (tertiary/aromatic N) is 3. The van der Waals surface area contributed by atoms with Crippen LogP contribution in [0.15, 0.2) is 52.1 Å². The molecule has 0 aromatic heterocycles. The second kappa shape index (κ2) is 11.0. The summed E-state index contributed by atoms with van der Waals surface area (Å²) in [6.07, 6.45) is 2.40. The van der Waals surface area contributed by atoms with E-state index in [1.54, 1.807) is 25.3 Å². The van der Waals surface area contributed by atoms with Crippen LogP contribution in [0.5, 0.6) is 17.2 Å². The van der Waals surface area contributed by atoms with E-state index in [9.17, 15) is 4.79 Å². The van der Waals surface area contributed by atoms with Crippen molar-refractivity contribution in [3.05, 3.63) is 58.7 Å². The van der Waals surface area contributed by atoms with Gasteiger partial charge in [-0.25, -0.2) is 0 Å². The van der Waals surface area contributed by atoms with E-state index < -0.39 is 5.91 Å². The molecule has 0 fully saturated rings. The largest absolute Gasteiger partial charge is 0.493 e. The van der Waals surface area contributed by atoms with Crippen molar-refractivity contribution in [1.29, 1.82) is 5.41 Å². The summed E-state index contributed by atoms with van der Waals surface area (Å²) in [5, 5.41) is 15.7. The van der Waals surface area contributed by atoms with Gasteiger partial charge in [0.2, 0.25) is 5.17 Å². The summed E-state index contributed by atoms with van der Waals surface area (Å²) >= 11 is 1.35. The molecule has 1 amide bonds. The number of rotatable bonds is 9. The van der Waals surface area contributed by atoms with Crippen LogP contribution in [-0.4, -0.2) is 47.3 Å². The van der Waals surface area contributed by atoms with Crippen LogP contribution in [0.2, 0.25) is 0 Å². The van der Waals surface area contributed by atoms with E-state index in [1.807, 2.05) is 32.0 Å². The smallest absolute Gasteiger partial charge is 0.283 e. The molecule has 0 radical (unpaired) electrons. The van der Waals surface area contributed by atoms with Crippen molar-refractivity contribution in [2.45, 2.75) is 34.1 Å². The lowest BCUT2D eigenvalue weighted by molar-refractivity contribution is -0.114. The number of ether oxygens (including phenoxy) is 3. The Hall–Kier alpha value is -3.59. The molecule has 0 aliphatic carbocycles. The highest BCUT2D eigenvalue weighted by Gasteiger charge is 2.35. The van der Waals surface area contributed by atoms with Crippen molar-refractivity contribution in [3.8, 4) is 17.2 Å². The van der Waals surface area contributed by atoms with E-state index in [0.717, 1.165) is 22.8 Å². The predicted octanol–water partition coefficient (Wildman–Crippen LogP) is 5.44. The van der Waals surface area contributed by atoms with Crippen molar-refractivity contribution in [1.82, 2.24) is 5.01 Å². The van der Waals surface area contributed by atoms with Crippen LogP contribution >= 0.6 is 11.8 Å². The molecule has 0 spiro atoms. The monoisotopic (exact) mass is 506 g/mol. The average Bonchev–Trinajstić information content (AvgIpc) is 3.22. The van der Waals surface area contributed by atoms with Crippen molar-refractivity contribution < 1.29 is 19.0 Å². The number of aliphatic imine (C=N–C) groups is 1. The van der Waals surface area contributed by atoms with E-state index in [1.165, 1.54) is 22.3 Å². The van der Waals surface area contributed by atoms with Crippen LogP contribution in [0.25, 0.3) is 6.08 Å². The topological polar surface area (TPSA) is 96.6 Å². The summed E-state index contributed by atoms with van der Waals surface area (Å²) < 4.78 is 17.2. The lowest BCUT2D eigenvalue weighted by atomic mass is 10.1. The molecular weight excluding hydrogens is 476 g/mol. The van der Waals surface area contributed by atoms with Gasteiger partial charge in [-0.2, -0.15) is 15.1 Å². The molecule has 4 rings (SSSR count). The number of thioether (sulfide) groups is 1. The van der Waals surface area contributed by atoms with Gasteiger partial charge in [-0.3, -0.25) is 10.2 Å². The van der Waals surface area contributed by atoms with Crippen molar-refractivity contribution >= 4 is 39.8 Å². The summed E-state index contributed by atoms with van der Waals surface area (Å²) in [7, 11) is 1.56. The first-order valence-corrected chi connectivity index (χ1v) is 12.6. The van der Waals surface area contributed by atoms with E-state index in [0.29, 0.717) is 41.4 Å². The minimum absolute atomic E-state index is 0.0131. The third-order valence-electron chi connectivity index (χ3n) is 5.51. The number of hydrogen-bond donors (Lipinski definition) is 1. The highest BCUT2D eigenvalue weighted by atomic mass is 32.2. The second-order valence-corrected chi connectivity index (χ2v) is 10.0. The number of amides is 1. The number of fused-ring (bicyclic) bond motifs is 1. The normalized spacial score (nSPS) is 16.3. The molecule has 188 valence electrons. The molecule has 0 unspecified atom stereocenters. The molecule has 1 N–H and O–H groups in total. The average molecular weight is 507 g/mol. The second-order valence-electron chi connectivity index (χ2n) is 8.99. The molecule has 0 saturated carbocycles. The zero-order chi connectivity index (χ0) is 25.8. The van der Waals surface area contributed by atoms with Crippen LogP contribution in [0.4, 0.5) is 0 Å². The molecule has 8 nitrogen and oxygen atoms in total. The van der Waals surface area contributed by atoms with Gasteiger partial charge in [0.25, 0.3) is 5.91 Å². The van der Waals surface area contributed by atoms with E-state index in [2.05, 4.69) is 30.0 Å². The first-order valence-electron chi connectivity index (χ1n) is 11.7. The summed E-state index contributed by atoms with van der Waals surface area (Å²) in [5.41, 5.74) is 3.14. The Morgan fingerprint density at radius 2 is 1.78 bits per heavy atom. The fourth-order valence-electron chi connectivity index (χ4n) is 3.79. The van der Waals surface area contributed by atoms with E-state index in [-0.39, 0.29) is 11.4 Å².